The zero-order valence-electron chi connectivity index (χ0n) is 11.8. The van der Waals surface area contributed by atoms with E-state index in [1.807, 2.05) is 31.2 Å². The largest absolute Gasteiger partial charge is 0.497 e. The van der Waals surface area contributed by atoms with E-state index in [1.165, 1.54) is 0 Å². The van der Waals surface area contributed by atoms with Crippen LogP contribution in [-0.4, -0.2) is 25.6 Å². The van der Waals surface area contributed by atoms with Crippen molar-refractivity contribution in [1.29, 1.82) is 0 Å². The van der Waals surface area contributed by atoms with Gasteiger partial charge in [0.1, 0.15) is 5.75 Å². The van der Waals surface area contributed by atoms with Crippen LogP contribution in [0.25, 0.3) is 0 Å². The molecule has 1 amide bonds. The van der Waals surface area contributed by atoms with E-state index in [1.54, 1.807) is 7.11 Å². The molecular formula is C15H22N2O2. The van der Waals surface area contributed by atoms with Crippen molar-refractivity contribution in [2.45, 2.75) is 32.4 Å². The fourth-order valence-corrected chi connectivity index (χ4v) is 2.51. The first-order chi connectivity index (χ1) is 9.11. The summed E-state index contributed by atoms with van der Waals surface area (Å²) in [6.45, 7) is 5.00. The van der Waals surface area contributed by atoms with Crippen molar-refractivity contribution < 1.29 is 9.53 Å². The van der Waals surface area contributed by atoms with Crippen molar-refractivity contribution in [2.75, 3.05) is 13.7 Å². The van der Waals surface area contributed by atoms with E-state index in [0.29, 0.717) is 0 Å². The van der Waals surface area contributed by atoms with Gasteiger partial charge in [0.05, 0.1) is 19.1 Å². The number of nitrogens with one attached hydrogen (secondary N) is 2. The molecule has 0 aliphatic carbocycles. The summed E-state index contributed by atoms with van der Waals surface area (Å²) in [6.07, 6.45) is 0.919. The van der Waals surface area contributed by atoms with Gasteiger partial charge in [-0.25, -0.2) is 0 Å². The lowest BCUT2D eigenvalue weighted by atomic mass is 10.00. The molecule has 1 aliphatic rings. The predicted molar refractivity (Wildman–Crippen MR) is 75.1 cm³/mol. The number of ether oxygens (including phenoxy) is 1. The van der Waals surface area contributed by atoms with E-state index in [9.17, 15) is 4.79 Å². The Morgan fingerprint density at radius 3 is 2.63 bits per heavy atom. The van der Waals surface area contributed by atoms with Crippen LogP contribution in [0.2, 0.25) is 0 Å². The molecule has 0 bridgehead atoms. The van der Waals surface area contributed by atoms with Gasteiger partial charge in [0.25, 0.3) is 0 Å². The molecule has 1 aromatic rings. The van der Waals surface area contributed by atoms with Gasteiger partial charge in [0.2, 0.25) is 5.91 Å². The van der Waals surface area contributed by atoms with E-state index in [0.717, 1.165) is 24.3 Å². The molecule has 4 nitrogen and oxygen atoms in total. The third-order valence-electron chi connectivity index (χ3n) is 3.84. The number of rotatable bonds is 4. The molecule has 3 unspecified atom stereocenters. The first-order valence-electron chi connectivity index (χ1n) is 6.79. The van der Waals surface area contributed by atoms with Crippen LogP contribution in [0.15, 0.2) is 24.3 Å². The fourth-order valence-electron chi connectivity index (χ4n) is 2.51. The molecule has 2 rings (SSSR count). The molecule has 4 heteroatoms. The number of carbonyl (C=O) groups is 1. The number of hydrogen-bond acceptors (Lipinski definition) is 3. The van der Waals surface area contributed by atoms with Crippen molar-refractivity contribution in [2.24, 2.45) is 5.92 Å². The summed E-state index contributed by atoms with van der Waals surface area (Å²) in [5.74, 6) is 1.05. The van der Waals surface area contributed by atoms with Crippen LogP contribution in [0.5, 0.6) is 5.75 Å². The van der Waals surface area contributed by atoms with Crippen LogP contribution in [0.1, 0.15) is 31.9 Å². The first kappa shape index (κ1) is 13.9. The summed E-state index contributed by atoms with van der Waals surface area (Å²) in [5, 5.41) is 6.39. The van der Waals surface area contributed by atoms with Gasteiger partial charge >= 0.3 is 0 Å². The minimum atomic E-state index is 0.0196. The van der Waals surface area contributed by atoms with E-state index in [-0.39, 0.29) is 23.9 Å². The monoisotopic (exact) mass is 262 g/mol. The minimum Gasteiger partial charge on any atom is -0.497 e. The van der Waals surface area contributed by atoms with Gasteiger partial charge in [-0.1, -0.05) is 12.1 Å². The van der Waals surface area contributed by atoms with Crippen molar-refractivity contribution >= 4 is 5.91 Å². The highest BCUT2D eigenvalue weighted by atomic mass is 16.5. The van der Waals surface area contributed by atoms with E-state index >= 15 is 0 Å². The second kappa shape index (κ2) is 6.06. The molecule has 1 fully saturated rings. The standard InChI is InChI=1S/C15H22N2O2/c1-10(12-4-6-13(19-3)7-5-12)17-15(18)14-8-9-16-11(14)2/h4-7,10-11,14,16H,8-9H2,1-3H3,(H,17,18). The van der Waals surface area contributed by atoms with Crippen LogP contribution < -0.4 is 15.4 Å². The number of hydrogen-bond donors (Lipinski definition) is 2. The second-order valence-electron chi connectivity index (χ2n) is 5.14. The van der Waals surface area contributed by atoms with Gasteiger partial charge in [0, 0.05) is 6.04 Å². The molecule has 104 valence electrons. The Morgan fingerprint density at radius 2 is 2.11 bits per heavy atom. The van der Waals surface area contributed by atoms with Crippen molar-refractivity contribution in [3.05, 3.63) is 29.8 Å². The van der Waals surface area contributed by atoms with E-state index in [4.69, 9.17) is 4.74 Å². The Bertz CT molecular complexity index is 430. The Kier molecular flexibility index (Phi) is 4.43. The number of carbonyl (C=O) groups excluding carboxylic acids is 1. The van der Waals surface area contributed by atoms with Crippen LogP contribution in [0, 0.1) is 5.92 Å². The number of benzene rings is 1. The summed E-state index contributed by atoms with van der Waals surface area (Å²) in [5.41, 5.74) is 1.09. The number of methoxy groups -OCH3 is 1. The van der Waals surface area contributed by atoms with Crippen LogP contribution >= 0.6 is 0 Å². The minimum absolute atomic E-state index is 0.0196. The Hall–Kier alpha value is -1.55. The SMILES string of the molecule is COc1ccc(C(C)NC(=O)C2CCNC2C)cc1. The van der Waals surface area contributed by atoms with Gasteiger partial charge in [-0.15, -0.1) is 0 Å². The Balaban J connectivity index is 1.95. The quantitative estimate of drug-likeness (QED) is 0.871. The van der Waals surface area contributed by atoms with Gasteiger partial charge in [-0.3, -0.25) is 4.79 Å². The second-order valence-corrected chi connectivity index (χ2v) is 5.14. The highest BCUT2D eigenvalue weighted by Gasteiger charge is 2.29. The molecule has 19 heavy (non-hydrogen) atoms. The van der Waals surface area contributed by atoms with E-state index < -0.39 is 0 Å². The summed E-state index contributed by atoms with van der Waals surface area (Å²) in [7, 11) is 1.65. The molecule has 1 aliphatic heterocycles. The maximum Gasteiger partial charge on any atom is 0.225 e. The van der Waals surface area contributed by atoms with Crippen LogP contribution in [0.4, 0.5) is 0 Å². The zero-order valence-corrected chi connectivity index (χ0v) is 11.8. The van der Waals surface area contributed by atoms with Crippen LogP contribution in [0.3, 0.4) is 0 Å². The highest BCUT2D eigenvalue weighted by Crippen LogP contribution is 2.20. The molecule has 1 saturated heterocycles. The third kappa shape index (κ3) is 3.26. The maximum atomic E-state index is 12.2. The lowest BCUT2D eigenvalue weighted by molar-refractivity contribution is -0.125. The maximum absolute atomic E-state index is 12.2. The van der Waals surface area contributed by atoms with Gasteiger partial charge in [-0.05, 0) is 44.5 Å². The summed E-state index contributed by atoms with van der Waals surface area (Å²) < 4.78 is 5.13. The predicted octanol–water partition coefficient (Wildman–Crippen LogP) is 1.87. The molecule has 3 atom stereocenters. The fraction of sp³-hybridized carbons (Fsp3) is 0.533. The van der Waals surface area contributed by atoms with Gasteiger partial charge < -0.3 is 15.4 Å². The highest BCUT2D eigenvalue weighted by molar-refractivity contribution is 5.80. The van der Waals surface area contributed by atoms with Gasteiger partial charge in [0.15, 0.2) is 0 Å². The molecular weight excluding hydrogens is 240 g/mol. The molecule has 0 spiro atoms. The van der Waals surface area contributed by atoms with Crippen molar-refractivity contribution in [3.63, 3.8) is 0 Å². The molecule has 0 aromatic heterocycles. The summed E-state index contributed by atoms with van der Waals surface area (Å²) >= 11 is 0. The number of amides is 1. The Labute approximate surface area is 114 Å². The molecule has 1 heterocycles. The Morgan fingerprint density at radius 1 is 1.42 bits per heavy atom. The lowest BCUT2D eigenvalue weighted by Crippen LogP contribution is -2.37. The summed E-state index contributed by atoms with van der Waals surface area (Å²) in [6, 6.07) is 8.09. The normalized spacial score (nSPS) is 23.9. The first-order valence-corrected chi connectivity index (χ1v) is 6.79. The van der Waals surface area contributed by atoms with Crippen molar-refractivity contribution in [3.8, 4) is 5.75 Å². The van der Waals surface area contributed by atoms with Crippen molar-refractivity contribution in [1.82, 2.24) is 10.6 Å². The third-order valence-corrected chi connectivity index (χ3v) is 3.84. The average molecular weight is 262 g/mol. The molecule has 2 N–H and O–H groups in total. The van der Waals surface area contributed by atoms with Gasteiger partial charge in [-0.2, -0.15) is 0 Å². The molecule has 0 radical (unpaired) electrons. The summed E-state index contributed by atoms with van der Waals surface area (Å²) in [4.78, 5) is 12.2. The van der Waals surface area contributed by atoms with Crippen LogP contribution in [-0.2, 0) is 4.79 Å². The average Bonchev–Trinajstić information content (AvgIpc) is 2.85. The lowest BCUT2D eigenvalue weighted by Gasteiger charge is -2.19. The molecule has 0 saturated carbocycles. The molecule has 1 aromatic carbocycles. The topological polar surface area (TPSA) is 50.4 Å². The smallest absolute Gasteiger partial charge is 0.225 e. The zero-order chi connectivity index (χ0) is 13.8. The van der Waals surface area contributed by atoms with E-state index in [2.05, 4.69) is 17.6 Å².